The van der Waals surface area contributed by atoms with Crippen molar-refractivity contribution in [3.63, 3.8) is 0 Å². The third-order valence-electron chi connectivity index (χ3n) is 4.88. The Morgan fingerprint density at radius 1 is 1.30 bits per heavy atom. The van der Waals surface area contributed by atoms with E-state index in [2.05, 4.69) is 13.0 Å². The maximum atomic E-state index is 12.6. The van der Waals surface area contributed by atoms with Crippen molar-refractivity contribution in [3.05, 3.63) is 34.6 Å². The number of carbonyl (C=O) groups excluding carboxylic acids is 1. The van der Waals surface area contributed by atoms with Gasteiger partial charge in [-0.15, -0.1) is 0 Å². The van der Waals surface area contributed by atoms with Gasteiger partial charge in [0.2, 0.25) is 5.91 Å². The van der Waals surface area contributed by atoms with Crippen LogP contribution in [-0.2, 0) is 16.0 Å². The molecule has 1 aliphatic heterocycles. The molecule has 5 heteroatoms. The Kier molecular flexibility index (Phi) is 4.17. The number of furan rings is 1. The number of aliphatic hydroxyl groups excluding tert-OH is 1. The second-order valence-corrected chi connectivity index (χ2v) is 6.45. The number of hydrogen-bond donors (Lipinski definition) is 1. The molecule has 1 saturated heterocycles. The lowest BCUT2D eigenvalue weighted by molar-refractivity contribution is -0.132. The molecule has 1 aliphatic rings. The van der Waals surface area contributed by atoms with Crippen molar-refractivity contribution in [1.29, 1.82) is 0 Å². The van der Waals surface area contributed by atoms with E-state index in [1.165, 1.54) is 5.56 Å². The predicted molar refractivity (Wildman–Crippen MR) is 87.5 cm³/mol. The van der Waals surface area contributed by atoms with E-state index in [0.717, 1.165) is 27.7 Å². The SMILES string of the molecule is Cc1cc(C)c2c(CC(=O)N(C)[C@H]3COC[C@@H]3O)coc2c1C. The average molecular weight is 317 g/mol. The Morgan fingerprint density at radius 2 is 2.04 bits per heavy atom. The second-order valence-electron chi connectivity index (χ2n) is 6.45. The number of aliphatic hydroxyl groups is 1. The van der Waals surface area contributed by atoms with Gasteiger partial charge in [0, 0.05) is 18.0 Å². The highest BCUT2D eigenvalue weighted by atomic mass is 16.5. The minimum atomic E-state index is -0.614. The zero-order chi connectivity index (χ0) is 16.7. The van der Waals surface area contributed by atoms with Gasteiger partial charge in [0.25, 0.3) is 0 Å². The Bertz CT molecular complexity index is 749. The Hall–Kier alpha value is -1.85. The highest BCUT2D eigenvalue weighted by Crippen LogP contribution is 2.30. The van der Waals surface area contributed by atoms with E-state index in [4.69, 9.17) is 9.15 Å². The number of amides is 1. The summed E-state index contributed by atoms with van der Waals surface area (Å²) in [6.45, 7) is 6.80. The van der Waals surface area contributed by atoms with Crippen molar-refractivity contribution in [2.75, 3.05) is 20.3 Å². The Morgan fingerprint density at radius 3 is 2.70 bits per heavy atom. The number of carbonyl (C=O) groups is 1. The highest BCUT2D eigenvalue weighted by Gasteiger charge is 2.32. The van der Waals surface area contributed by atoms with E-state index in [1.54, 1.807) is 18.2 Å². The number of fused-ring (bicyclic) bond motifs is 1. The molecule has 0 spiro atoms. The minimum Gasteiger partial charge on any atom is -0.464 e. The van der Waals surface area contributed by atoms with Gasteiger partial charge in [-0.1, -0.05) is 6.07 Å². The first kappa shape index (κ1) is 16.0. The van der Waals surface area contributed by atoms with Crippen molar-refractivity contribution in [2.45, 2.75) is 39.3 Å². The van der Waals surface area contributed by atoms with E-state index in [1.807, 2.05) is 13.8 Å². The molecule has 1 fully saturated rings. The molecular formula is C18H23NO4. The molecule has 124 valence electrons. The first-order valence-electron chi connectivity index (χ1n) is 7.88. The van der Waals surface area contributed by atoms with Gasteiger partial charge in [-0.3, -0.25) is 4.79 Å². The quantitative estimate of drug-likeness (QED) is 0.942. The lowest BCUT2D eigenvalue weighted by atomic mass is 9.98. The van der Waals surface area contributed by atoms with Crippen LogP contribution in [-0.4, -0.2) is 48.3 Å². The lowest BCUT2D eigenvalue weighted by Crippen LogP contribution is -2.44. The van der Waals surface area contributed by atoms with Gasteiger partial charge < -0.3 is 19.2 Å². The molecule has 23 heavy (non-hydrogen) atoms. The number of nitrogens with zero attached hydrogens (tertiary/aromatic N) is 1. The molecule has 0 unspecified atom stereocenters. The van der Waals surface area contributed by atoms with Gasteiger partial charge in [0.05, 0.1) is 38.0 Å². The summed E-state index contributed by atoms with van der Waals surface area (Å²) in [5, 5.41) is 10.9. The lowest BCUT2D eigenvalue weighted by Gasteiger charge is -2.25. The molecule has 2 aromatic rings. The first-order chi connectivity index (χ1) is 10.9. The van der Waals surface area contributed by atoms with Gasteiger partial charge in [-0.2, -0.15) is 0 Å². The van der Waals surface area contributed by atoms with Gasteiger partial charge in [-0.05, 0) is 37.5 Å². The summed E-state index contributed by atoms with van der Waals surface area (Å²) < 4.78 is 11.0. The molecule has 0 aliphatic carbocycles. The summed E-state index contributed by atoms with van der Waals surface area (Å²) in [6, 6.07) is 1.85. The van der Waals surface area contributed by atoms with E-state index in [0.29, 0.717) is 6.61 Å². The van der Waals surface area contributed by atoms with Gasteiger partial charge in [0.15, 0.2) is 0 Å². The molecule has 5 nitrogen and oxygen atoms in total. The van der Waals surface area contributed by atoms with Crippen LogP contribution in [0.15, 0.2) is 16.7 Å². The van der Waals surface area contributed by atoms with Crippen molar-refractivity contribution in [1.82, 2.24) is 4.90 Å². The number of hydrogen-bond acceptors (Lipinski definition) is 4. The summed E-state index contributed by atoms with van der Waals surface area (Å²) in [6.07, 6.45) is 1.32. The zero-order valence-electron chi connectivity index (χ0n) is 14.0. The summed E-state index contributed by atoms with van der Waals surface area (Å²) >= 11 is 0. The fourth-order valence-corrected chi connectivity index (χ4v) is 3.29. The first-order valence-corrected chi connectivity index (χ1v) is 7.88. The summed E-state index contributed by atoms with van der Waals surface area (Å²) in [4.78, 5) is 14.2. The normalized spacial score (nSPS) is 21.1. The smallest absolute Gasteiger partial charge is 0.227 e. The van der Waals surface area contributed by atoms with Crippen LogP contribution in [0.25, 0.3) is 11.0 Å². The van der Waals surface area contributed by atoms with Gasteiger partial charge >= 0.3 is 0 Å². The third-order valence-corrected chi connectivity index (χ3v) is 4.88. The molecule has 1 amide bonds. The molecule has 1 N–H and O–H groups in total. The van der Waals surface area contributed by atoms with Gasteiger partial charge in [0.1, 0.15) is 5.58 Å². The largest absolute Gasteiger partial charge is 0.464 e. The van der Waals surface area contributed by atoms with E-state index in [-0.39, 0.29) is 25.0 Å². The average Bonchev–Trinajstić information content (AvgIpc) is 3.11. The van der Waals surface area contributed by atoms with Crippen LogP contribution in [0, 0.1) is 20.8 Å². The fraction of sp³-hybridized carbons (Fsp3) is 0.500. The van der Waals surface area contributed by atoms with Crippen LogP contribution in [0.4, 0.5) is 0 Å². The monoisotopic (exact) mass is 317 g/mol. The maximum absolute atomic E-state index is 12.6. The van der Waals surface area contributed by atoms with Crippen molar-refractivity contribution >= 4 is 16.9 Å². The number of ether oxygens (including phenoxy) is 1. The van der Waals surface area contributed by atoms with Crippen LogP contribution < -0.4 is 0 Å². The van der Waals surface area contributed by atoms with Crippen LogP contribution >= 0.6 is 0 Å². The Labute approximate surface area is 135 Å². The van der Waals surface area contributed by atoms with Crippen LogP contribution in [0.2, 0.25) is 0 Å². The van der Waals surface area contributed by atoms with E-state index < -0.39 is 6.10 Å². The molecule has 3 rings (SSSR count). The molecule has 2 heterocycles. The Balaban J connectivity index is 1.87. The van der Waals surface area contributed by atoms with Crippen molar-refractivity contribution in [3.8, 4) is 0 Å². The summed E-state index contributed by atoms with van der Waals surface area (Å²) in [5.41, 5.74) is 5.16. The predicted octanol–water partition coefficient (Wildman–Crippen LogP) is 2.12. The second kappa shape index (κ2) is 5.98. The molecule has 1 aromatic carbocycles. The number of likely N-dealkylation sites (N-methyl/N-ethyl adjacent to an activating group) is 1. The van der Waals surface area contributed by atoms with Crippen LogP contribution in [0.3, 0.4) is 0 Å². The summed E-state index contributed by atoms with van der Waals surface area (Å²) in [7, 11) is 1.72. The summed E-state index contributed by atoms with van der Waals surface area (Å²) in [5.74, 6) is -0.0418. The molecule has 2 atom stereocenters. The standard InChI is InChI=1S/C18H23NO4/c1-10-5-11(2)17-13(7-23-18(17)12(10)3)6-16(21)19(4)14-8-22-9-15(14)20/h5,7,14-15,20H,6,8-9H2,1-4H3/t14-,15-/m0/s1. The minimum absolute atomic E-state index is 0.0418. The number of aryl methyl sites for hydroxylation is 3. The zero-order valence-corrected chi connectivity index (χ0v) is 14.0. The topological polar surface area (TPSA) is 62.9 Å². The van der Waals surface area contributed by atoms with Crippen LogP contribution in [0.1, 0.15) is 22.3 Å². The highest BCUT2D eigenvalue weighted by molar-refractivity contribution is 5.92. The number of rotatable bonds is 3. The molecule has 0 radical (unpaired) electrons. The van der Waals surface area contributed by atoms with E-state index >= 15 is 0 Å². The molecule has 1 aromatic heterocycles. The van der Waals surface area contributed by atoms with Gasteiger partial charge in [-0.25, -0.2) is 0 Å². The molecule has 0 saturated carbocycles. The van der Waals surface area contributed by atoms with E-state index in [9.17, 15) is 9.90 Å². The maximum Gasteiger partial charge on any atom is 0.227 e. The molecular weight excluding hydrogens is 294 g/mol. The van der Waals surface area contributed by atoms with Crippen molar-refractivity contribution in [2.24, 2.45) is 0 Å². The number of benzene rings is 1. The fourth-order valence-electron chi connectivity index (χ4n) is 3.29. The van der Waals surface area contributed by atoms with Crippen molar-refractivity contribution < 1.29 is 19.1 Å². The third kappa shape index (κ3) is 2.75. The van der Waals surface area contributed by atoms with Crippen LogP contribution in [0.5, 0.6) is 0 Å². The molecule has 0 bridgehead atoms.